The zero-order valence-corrected chi connectivity index (χ0v) is 12.6. The number of hydrogen-bond donors (Lipinski definition) is 2. The highest BCUT2D eigenvalue weighted by Gasteiger charge is 2.38. The molecular weight excluding hydrogens is 270 g/mol. The smallest absolute Gasteiger partial charge is 0.0474 e. The predicted octanol–water partition coefficient (Wildman–Crippen LogP) is 3.62. The lowest BCUT2D eigenvalue weighted by Crippen LogP contribution is -2.49. The van der Waals surface area contributed by atoms with E-state index in [2.05, 4.69) is 17.4 Å². The van der Waals surface area contributed by atoms with Gasteiger partial charge in [-0.05, 0) is 54.7 Å². The third kappa shape index (κ3) is 3.19. The molecule has 2 saturated carbocycles. The first-order valence-electron chi connectivity index (χ1n) is 7.85. The van der Waals surface area contributed by atoms with Crippen LogP contribution in [0.5, 0.6) is 0 Å². The molecule has 110 valence electrons. The Labute approximate surface area is 126 Å². The Hall–Kier alpha value is -0.570. The molecule has 0 heterocycles. The fourth-order valence-electron chi connectivity index (χ4n) is 4.19. The summed E-state index contributed by atoms with van der Waals surface area (Å²) < 4.78 is 0. The molecular formula is C17H24ClNO. The highest BCUT2D eigenvalue weighted by atomic mass is 35.5. The summed E-state index contributed by atoms with van der Waals surface area (Å²) in [5.41, 5.74) is 1.27. The molecule has 2 aliphatic carbocycles. The maximum atomic E-state index is 9.69. The molecule has 2 nitrogen and oxygen atoms in total. The summed E-state index contributed by atoms with van der Waals surface area (Å²) in [6, 6.07) is 8.53. The van der Waals surface area contributed by atoms with Gasteiger partial charge in [0.15, 0.2) is 0 Å². The van der Waals surface area contributed by atoms with E-state index < -0.39 is 0 Å². The fraction of sp³-hybridized carbons (Fsp3) is 0.647. The molecule has 3 unspecified atom stereocenters. The van der Waals surface area contributed by atoms with Crippen LogP contribution in [0.4, 0.5) is 0 Å². The second-order valence-corrected chi connectivity index (χ2v) is 6.94. The molecule has 1 aromatic carbocycles. The Morgan fingerprint density at radius 2 is 1.95 bits per heavy atom. The van der Waals surface area contributed by atoms with Gasteiger partial charge < -0.3 is 10.4 Å². The lowest BCUT2D eigenvalue weighted by molar-refractivity contribution is 0.0520. The van der Waals surface area contributed by atoms with E-state index >= 15 is 0 Å². The molecule has 2 N–H and O–H groups in total. The average Bonchev–Trinajstić information content (AvgIpc) is 2.48. The van der Waals surface area contributed by atoms with Crippen molar-refractivity contribution in [1.29, 1.82) is 0 Å². The van der Waals surface area contributed by atoms with Crippen LogP contribution in [0.2, 0.25) is 5.02 Å². The summed E-state index contributed by atoms with van der Waals surface area (Å²) in [5, 5.41) is 14.2. The summed E-state index contributed by atoms with van der Waals surface area (Å²) in [4.78, 5) is 0. The molecule has 1 aromatic rings. The molecule has 0 radical (unpaired) electrons. The Balaban J connectivity index is 1.63. The van der Waals surface area contributed by atoms with E-state index in [0.717, 1.165) is 23.4 Å². The second kappa shape index (κ2) is 6.46. The zero-order valence-electron chi connectivity index (χ0n) is 11.9. The van der Waals surface area contributed by atoms with Crippen LogP contribution >= 0.6 is 11.6 Å². The van der Waals surface area contributed by atoms with Crippen molar-refractivity contribution in [2.24, 2.45) is 17.8 Å². The number of rotatable bonds is 4. The van der Waals surface area contributed by atoms with Crippen molar-refractivity contribution in [3.8, 4) is 0 Å². The van der Waals surface area contributed by atoms with Crippen molar-refractivity contribution in [3.05, 3.63) is 34.9 Å². The van der Waals surface area contributed by atoms with Crippen molar-refractivity contribution in [3.63, 3.8) is 0 Å². The minimum Gasteiger partial charge on any atom is -0.396 e. The predicted molar refractivity (Wildman–Crippen MR) is 82.7 cm³/mol. The SMILES string of the molecule is OCC1CC2CCCC(C2)[C@H]1NCc1ccc(Cl)cc1. The molecule has 20 heavy (non-hydrogen) atoms. The molecule has 0 aliphatic heterocycles. The topological polar surface area (TPSA) is 32.3 Å². The van der Waals surface area contributed by atoms with Gasteiger partial charge in [0, 0.05) is 24.2 Å². The highest BCUT2D eigenvalue weighted by Crippen LogP contribution is 2.42. The van der Waals surface area contributed by atoms with Gasteiger partial charge in [0.05, 0.1) is 0 Å². The first kappa shape index (κ1) is 14.4. The van der Waals surface area contributed by atoms with Crippen molar-refractivity contribution < 1.29 is 5.11 Å². The van der Waals surface area contributed by atoms with E-state index in [1.807, 2.05) is 12.1 Å². The number of hydrogen-bond acceptors (Lipinski definition) is 2. The fourth-order valence-corrected chi connectivity index (χ4v) is 4.32. The quantitative estimate of drug-likeness (QED) is 0.889. The molecule has 3 rings (SSSR count). The third-order valence-corrected chi connectivity index (χ3v) is 5.42. The lowest BCUT2D eigenvalue weighted by Gasteiger charge is -2.45. The van der Waals surface area contributed by atoms with Gasteiger partial charge in [0.25, 0.3) is 0 Å². The molecule has 0 saturated heterocycles. The second-order valence-electron chi connectivity index (χ2n) is 6.50. The van der Waals surface area contributed by atoms with Gasteiger partial charge in [-0.3, -0.25) is 0 Å². The summed E-state index contributed by atoms with van der Waals surface area (Å²) in [6.45, 7) is 1.20. The van der Waals surface area contributed by atoms with Crippen LogP contribution in [0.1, 0.15) is 37.7 Å². The molecule has 2 fully saturated rings. The van der Waals surface area contributed by atoms with Crippen LogP contribution in [-0.4, -0.2) is 17.8 Å². The van der Waals surface area contributed by atoms with Crippen LogP contribution in [-0.2, 0) is 6.54 Å². The molecule has 4 atom stereocenters. The Morgan fingerprint density at radius 3 is 2.70 bits per heavy atom. The van der Waals surface area contributed by atoms with Crippen LogP contribution in [0.25, 0.3) is 0 Å². The maximum absolute atomic E-state index is 9.69. The van der Waals surface area contributed by atoms with Crippen molar-refractivity contribution >= 4 is 11.6 Å². The maximum Gasteiger partial charge on any atom is 0.0474 e. The summed E-state index contributed by atoms with van der Waals surface area (Å²) >= 11 is 5.92. The first-order chi connectivity index (χ1) is 9.76. The molecule has 3 heteroatoms. The third-order valence-electron chi connectivity index (χ3n) is 5.16. The molecule has 2 aliphatic rings. The van der Waals surface area contributed by atoms with Gasteiger partial charge >= 0.3 is 0 Å². The van der Waals surface area contributed by atoms with Gasteiger partial charge in [-0.1, -0.05) is 36.6 Å². The molecule has 2 bridgehead atoms. The van der Waals surface area contributed by atoms with Crippen LogP contribution < -0.4 is 5.32 Å². The van der Waals surface area contributed by atoms with Crippen LogP contribution in [0.15, 0.2) is 24.3 Å². The van der Waals surface area contributed by atoms with Crippen LogP contribution in [0.3, 0.4) is 0 Å². The summed E-state index contributed by atoms with van der Waals surface area (Å²) in [5.74, 6) is 2.05. The number of aliphatic hydroxyl groups is 1. The van der Waals surface area contributed by atoms with E-state index in [1.165, 1.54) is 37.7 Å². The Bertz CT molecular complexity index is 431. The monoisotopic (exact) mass is 293 g/mol. The van der Waals surface area contributed by atoms with Gasteiger partial charge in [0.2, 0.25) is 0 Å². The summed E-state index contributed by atoms with van der Waals surface area (Å²) in [7, 11) is 0. The molecule has 0 amide bonds. The molecule has 0 aromatic heterocycles. The van der Waals surface area contributed by atoms with Crippen molar-refractivity contribution in [2.45, 2.75) is 44.7 Å². The first-order valence-corrected chi connectivity index (χ1v) is 8.22. The van der Waals surface area contributed by atoms with Crippen LogP contribution in [0, 0.1) is 17.8 Å². The lowest BCUT2D eigenvalue weighted by atomic mass is 9.65. The number of fused-ring (bicyclic) bond motifs is 2. The number of aliphatic hydroxyl groups excluding tert-OH is 1. The standard InChI is InChI=1S/C17H24ClNO/c18-16-6-4-12(5-7-16)10-19-17-14-3-1-2-13(8-14)9-15(17)11-20/h4-7,13-15,17,19-20H,1-3,8-11H2/t13?,14?,15?,17-/m1/s1. The minimum absolute atomic E-state index is 0.325. The van der Waals surface area contributed by atoms with E-state index in [9.17, 15) is 5.11 Å². The van der Waals surface area contributed by atoms with E-state index in [-0.39, 0.29) is 0 Å². The van der Waals surface area contributed by atoms with Crippen molar-refractivity contribution in [2.75, 3.05) is 6.61 Å². The minimum atomic E-state index is 0.325. The summed E-state index contributed by atoms with van der Waals surface area (Å²) in [6.07, 6.45) is 6.62. The van der Waals surface area contributed by atoms with Crippen molar-refractivity contribution in [1.82, 2.24) is 5.32 Å². The number of benzene rings is 1. The Kier molecular flexibility index (Phi) is 4.65. The van der Waals surface area contributed by atoms with Gasteiger partial charge in [-0.25, -0.2) is 0 Å². The van der Waals surface area contributed by atoms with E-state index in [0.29, 0.717) is 18.6 Å². The molecule has 0 spiro atoms. The highest BCUT2D eigenvalue weighted by molar-refractivity contribution is 6.30. The normalized spacial score (nSPS) is 33.1. The number of halogens is 1. The van der Waals surface area contributed by atoms with Gasteiger partial charge in [-0.2, -0.15) is 0 Å². The number of nitrogens with one attached hydrogen (secondary N) is 1. The van der Waals surface area contributed by atoms with Gasteiger partial charge in [-0.15, -0.1) is 0 Å². The Morgan fingerprint density at radius 1 is 1.15 bits per heavy atom. The largest absolute Gasteiger partial charge is 0.396 e. The average molecular weight is 294 g/mol. The van der Waals surface area contributed by atoms with Gasteiger partial charge in [0.1, 0.15) is 0 Å². The van der Waals surface area contributed by atoms with E-state index in [4.69, 9.17) is 11.6 Å². The van der Waals surface area contributed by atoms with E-state index in [1.54, 1.807) is 0 Å². The zero-order chi connectivity index (χ0) is 13.9.